The molecule has 2 heterocycles. The average molecular weight is 1030 g/mol. The van der Waals surface area contributed by atoms with Crippen LogP contribution in [0.1, 0.15) is 89.7 Å². The topological polar surface area (TPSA) is 240 Å². The van der Waals surface area contributed by atoms with Gasteiger partial charge in [-0.15, -0.1) is 0 Å². The van der Waals surface area contributed by atoms with Crippen molar-refractivity contribution in [1.29, 1.82) is 31.6 Å². The fourth-order valence-electron chi connectivity index (χ4n) is 6.45. The summed E-state index contributed by atoms with van der Waals surface area (Å²) in [7, 11) is 0. The number of aromatic nitrogens is 2. The maximum Gasteiger partial charge on any atom is 0.231 e. The fraction of sp³-hybridized carbons (Fsp3) is 0.154. The third kappa shape index (κ3) is 13.2. The molecule has 6 rings (SSSR count). The van der Waals surface area contributed by atoms with E-state index in [1.807, 2.05) is 86.7 Å². The largest absolute Gasteiger partial charge is 0.472 e. The maximum atomic E-state index is 11.9. The minimum absolute atomic E-state index is 0.0345. The molecule has 0 N–H and O–H groups in total. The van der Waals surface area contributed by atoms with Gasteiger partial charge in [-0.1, -0.05) is 42.5 Å². The number of ether oxygens (including phenoxy) is 4. The van der Waals surface area contributed by atoms with E-state index >= 15 is 0 Å². The number of carbonyl (C=O) groups excluding carboxylic acids is 2. The first kappa shape index (κ1) is 50.4. The molecular formula is C52H36Br2N8O6. The van der Waals surface area contributed by atoms with E-state index in [1.165, 1.54) is 12.1 Å². The Balaban J connectivity index is 0.000000989. The highest BCUT2D eigenvalue weighted by Crippen LogP contribution is 2.35. The molecule has 0 aliphatic rings. The van der Waals surface area contributed by atoms with Crippen molar-refractivity contribution in [2.75, 3.05) is 0 Å². The van der Waals surface area contributed by atoms with Crippen LogP contribution in [-0.2, 0) is 26.4 Å². The molecular weight excluding hydrogens is 992 g/mol. The van der Waals surface area contributed by atoms with Crippen molar-refractivity contribution in [3.05, 3.63) is 172 Å². The lowest BCUT2D eigenvalue weighted by molar-refractivity contribution is 0.111. The van der Waals surface area contributed by atoms with E-state index in [1.54, 1.807) is 49.4 Å². The molecule has 0 atom stereocenters. The van der Waals surface area contributed by atoms with Crippen molar-refractivity contribution in [3.63, 3.8) is 0 Å². The number of pyridine rings is 2. The highest BCUT2D eigenvalue weighted by Gasteiger charge is 2.18. The van der Waals surface area contributed by atoms with Crippen molar-refractivity contribution >= 4 is 44.4 Å². The van der Waals surface area contributed by atoms with Gasteiger partial charge in [0.2, 0.25) is 23.5 Å². The van der Waals surface area contributed by atoms with Crippen molar-refractivity contribution in [2.24, 2.45) is 0 Å². The molecule has 68 heavy (non-hydrogen) atoms. The Bertz CT molecular complexity index is 2950. The number of halogens is 2. The van der Waals surface area contributed by atoms with Gasteiger partial charge in [0, 0.05) is 5.57 Å². The summed E-state index contributed by atoms with van der Waals surface area (Å²) in [6.45, 7) is 5.90. The van der Waals surface area contributed by atoms with E-state index < -0.39 is 0 Å². The zero-order valence-corrected chi connectivity index (χ0v) is 39.8. The van der Waals surface area contributed by atoms with Gasteiger partial charge in [-0.05, 0) is 146 Å². The average Bonchev–Trinajstić information content (AvgIpc) is 3.36. The predicted octanol–water partition coefficient (Wildman–Crippen LogP) is 11.1. The molecule has 0 spiro atoms. The first-order valence-electron chi connectivity index (χ1n) is 20.2. The fourth-order valence-corrected chi connectivity index (χ4v) is 7.35. The Morgan fingerprint density at radius 3 is 1.28 bits per heavy atom. The van der Waals surface area contributed by atoms with Gasteiger partial charge in [-0.25, -0.2) is 0 Å². The minimum atomic E-state index is -0.0363. The minimum Gasteiger partial charge on any atom is -0.472 e. The Kier molecular flexibility index (Phi) is 18.2. The molecule has 0 saturated carbocycles. The van der Waals surface area contributed by atoms with Gasteiger partial charge >= 0.3 is 0 Å². The van der Waals surface area contributed by atoms with Crippen LogP contribution in [0.2, 0.25) is 0 Å². The molecule has 4 aromatic carbocycles. The summed E-state index contributed by atoms with van der Waals surface area (Å²) in [5.74, 6) is 0.477. The summed E-state index contributed by atoms with van der Waals surface area (Å²) in [5.41, 5.74) is 9.04. The van der Waals surface area contributed by atoms with Crippen LogP contribution < -0.4 is 18.9 Å². The number of aldehydes is 2. The lowest BCUT2D eigenvalue weighted by Gasteiger charge is -2.17. The van der Waals surface area contributed by atoms with Gasteiger partial charge in [0.1, 0.15) is 26.4 Å². The smallest absolute Gasteiger partial charge is 0.231 e. The second kappa shape index (κ2) is 24.6. The molecule has 0 unspecified atom stereocenters. The highest BCUT2D eigenvalue weighted by atomic mass is 79.9. The molecule has 16 heteroatoms. The van der Waals surface area contributed by atoms with Gasteiger partial charge < -0.3 is 18.9 Å². The maximum absolute atomic E-state index is 11.9. The second-order valence-corrected chi connectivity index (χ2v) is 16.3. The van der Waals surface area contributed by atoms with Crippen LogP contribution in [0.4, 0.5) is 0 Å². The van der Waals surface area contributed by atoms with E-state index in [0.29, 0.717) is 66.9 Å². The summed E-state index contributed by atoms with van der Waals surface area (Å²) in [6.07, 6.45) is 3.17. The van der Waals surface area contributed by atoms with Gasteiger partial charge in [0.05, 0.1) is 85.2 Å². The first-order chi connectivity index (χ1) is 32.9. The lowest BCUT2D eigenvalue weighted by Crippen LogP contribution is -2.06. The molecule has 2 aromatic heterocycles. The summed E-state index contributed by atoms with van der Waals surface area (Å²) in [5, 5.41) is 53.5. The summed E-state index contributed by atoms with van der Waals surface area (Å²) >= 11 is 6.91. The number of rotatable bonds is 16. The van der Waals surface area contributed by atoms with E-state index in [2.05, 4.69) is 41.8 Å². The molecule has 0 aliphatic heterocycles. The number of benzene rings is 4. The van der Waals surface area contributed by atoms with Crippen LogP contribution in [0.15, 0.2) is 106 Å². The molecule has 334 valence electrons. The van der Waals surface area contributed by atoms with Gasteiger partial charge in [0.15, 0.2) is 12.6 Å². The molecule has 14 nitrogen and oxygen atoms in total. The molecule has 0 bridgehead atoms. The van der Waals surface area contributed by atoms with Crippen LogP contribution >= 0.6 is 31.9 Å². The summed E-state index contributed by atoms with van der Waals surface area (Å²) < 4.78 is 25.0. The normalized spacial score (nSPS) is 10.2. The Morgan fingerprint density at radius 1 is 0.559 bits per heavy atom. The lowest BCUT2D eigenvalue weighted by atomic mass is 9.92. The third-order valence-electron chi connectivity index (χ3n) is 9.97. The monoisotopic (exact) mass is 1030 g/mol. The van der Waals surface area contributed by atoms with Crippen LogP contribution in [0.25, 0.3) is 11.1 Å². The number of allylic oxidation sites excluding steroid dienone is 2. The SMILES string of the molecule is C/C(C#N)=C\CC#N.Cc1c(COc2nc(OCc3cc(C#N)cc(C#N)c3)c(C=O)cc2Br)cccc1-c1cccc(COc2nc(OCc3cc(C#N)cc(C#N)c3)c(C=O)cc2Br)c1C. The van der Waals surface area contributed by atoms with Crippen LogP contribution in [0.5, 0.6) is 23.5 Å². The predicted molar refractivity (Wildman–Crippen MR) is 255 cm³/mol. The number of carbonyl (C=O) groups is 2. The molecule has 6 aromatic rings. The van der Waals surface area contributed by atoms with Gasteiger partial charge in [0.25, 0.3) is 0 Å². The van der Waals surface area contributed by atoms with Crippen molar-refractivity contribution < 1.29 is 28.5 Å². The standard InChI is InChI=1S/C46H30Br2N6O6.C6H6N2/c1-27-35(25-59-45-41(47)15-37(21-55)43(53-45)57-23-33-11-29(17-49)9-30(12-33)18-50)5-3-7-39(27)40-8-4-6-36(28(40)2)26-60-46-42(48)16-38(22-56)44(54-46)58-24-34-13-31(19-51)10-32(14-34)20-52;1-6(5-8)3-2-4-7/h3-16,21-22H,23-26H2,1-2H3;3H,2H2,1H3/b;6-3+. The Hall–Kier alpha value is -8.64. The first-order valence-corrected chi connectivity index (χ1v) is 21.8. The van der Waals surface area contributed by atoms with Gasteiger partial charge in [-0.2, -0.15) is 41.5 Å². The molecule has 0 radical (unpaired) electrons. The second-order valence-electron chi connectivity index (χ2n) is 14.6. The summed E-state index contributed by atoms with van der Waals surface area (Å²) in [4.78, 5) is 32.8. The molecule has 0 amide bonds. The number of nitrogens with zero attached hydrogens (tertiary/aromatic N) is 8. The van der Waals surface area contributed by atoms with Crippen LogP contribution in [0, 0.1) is 81.8 Å². The van der Waals surface area contributed by atoms with E-state index in [4.69, 9.17) is 29.5 Å². The summed E-state index contributed by atoms with van der Waals surface area (Å²) in [6, 6.07) is 36.2. The highest BCUT2D eigenvalue weighted by molar-refractivity contribution is 9.10. The van der Waals surface area contributed by atoms with Crippen molar-refractivity contribution in [2.45, 2.75) is 53.6 Å². The number of hydrogen-bond acceptors (Lipinski definition) is 14. The quantitative estimate of drug-likeness (QED) is 0.0647. The van der Waals surface area contributed by atoms with E-state index in [-0.39, 0.29) is 61.1 Å². The zero-order valence-electron chi connectivity index (χ0n) is 36.6. The van der Waals surface area contributed by atoms with Crippen molar-refractivity contribution in [3.8, 4) is 71.1 Å². The number of nitriles is 6. The van der Waals surface area contributed by atoms with Crippen LogP contribution in [0.3, 0.4) is 0 Å². The zero-order chi connectivity index (χ0) is 49.2. The molecule has 0 aliphatic carbocycles. The van der Waals surface area contributed by atoms with Crippen LogP contribution in [-0.4, -0.2) is 22.5 Å². The Labute approximate surface area is 409 Å². The molecule has 0 fully saturated rings. The van der Waals surface area contributed by atoms with E-state index in [0.717, 1.165) is 33.4 Å². The molecule has 0 saturated heterocycles. The van der Waals surface area contributed by atoms with E-state index in [9.17, 15) is 30.6 Å². The third-order valence-corrected chi connectivity index (χ3v) is 11.1. The van der Waals surface area contributed by atoms with Gasteiger partial charge in [-0.3, -0.25) is 9.59 Å². The van der Waals surface area contributed by atoms with Crippen molar-refractivity contribution in [1.82, 2.24) is 9.97 Å². The number of hydrogen-bond donors (Lipinski definition) is 0. The Morgan fingerprint density at radius 2 is 0.941 bits per heavy atom.